The molecule has 0 radical (unpaired) electrons. The fourth-order valence-corrected chi connectivity index (χ4v) is 4.63. The van der Waals surface area contributed by atoms with E-state index in [1.165, 1.54) is 4.90 Å². The minimum absolute atomic E-state index is 0.0278. The van der Waals surface area contributed by atoms with Gasteiger partial charge in [0.2, 0.25) is 11.8 Å². The molecule has 1 unspecified atom stereocenters. The van der Waals surface area contributed by atoms with Gasteiger partial charge in [-0.3, -0.25) is 14.4 Å². The molecule has 0 bridgehead atoms. The molecule has 1 aliphatic heterocycles. The van der Waals surface area contributed by atoms with E-state index in [0.29, 0.717) is 25.1 Å². The summed E-state index contributed by atoms with van der Waals surface area (Å²) in [4.78, 5) is 42.3. The average molecular weight is 458 g/mol. The SMILES string of the molecule is Cc1cccc(NC(=O)CN(C)C(=O)C2CCCN(C(=O)c3cccc4ccccc34)C2)c1C. The van der Waals surface area contributed by atoms with E-state index in [-0.39, 0.29) is 30.2 Å². The molecular weight excluding hydrogens is 426 g/mol. The zero-order valence-electron chi connectivity index (χ0n) is 20.0. The molecule has 1 aliphatic rings. The standard InChI is InChI=1S/C28H31N3O3/c1-19-9-6-15-25(20(19)2)29-26(32)18-30(3)27(33)22-12-8-16-31(17-22)28(34)24-14-7-11-21-10-4-5-13-23(21)24/h4-7,9-11,13-15,22H,8,12,16-18H2,1-3H3,(H,29,32). The third-order valence-electron chi connectivity index (χ3n) is 6.71. The summed E-state index contributed by atoms with van der Waals surface area (Å²) in [5, 5.41) is 4.85. The van der Waals surface area contributed by atoms with Crippen LogP contribution in [-0.4, -0.2) is 54.2 Å². The molecule has 3 aromatic carbocycles. The van der Waals surface area contributed by atoms with Crippen LogP contribution in [0.3, 0.4) is 0 Å². The highest BCUT2D eigenvalue weighted by molar-refractivity contribution is 6.07. The van der Waals surface area contributed by atoms with Crippen LogP contribution >= 0.6 is 0 Å². The Morgan fingerprint density at radius 1 is 1.00 bits per heavy atom. The van der Waals surface area contributed by atoms with E-state index in [2.05, 4.69) is 5.32 Å². The van der Waals surface area contributed by atoms with Crippen molar-refractivity contribution in [3.8, 4) is 0 Å². The first-order chi connectivity index (χ1) is 16.3. The van der Waals surface area contributed by atoms with Crippen molar-refractivity contribution >= 4 is 34.2 Å². The Hall–Kier alpha value is -3.67. The number of piperidine rings is 1. The van der Waals surface area contributed by atoms with Crippen molar-refractivity contribution in [3.05, 3.63) is 77.4 Å². The summed E-state index contributed by atoms with van der Waals surface area (Å²) in [6.45, 7) is 4.92. The van der Waals surface area contributed by atoms with Crippen LogP contribution in [0.25, 0.3) is 10.8 Å². The Labute approximate surface area is 200 Å². The number of anilines is 1. The molecule has 0 saturated carbocycles. The molecule has 6 heteroatoms. The summed E-state index contributed by atoms with van der Waals surface area (Å²) in [5.74, 6) is -0.702. The van der Waals surface area contributed by atoms with Gasteiger partial charge in [0.15, 0.2) is 0 Å². The quantitative estimate of drug-likeness (QED) is 0.617. The van der Waals surface area contributed by atoms with Gasteiger partial charge in [-0.15, -0.1) is 0 Å². The zero-order chi connectivity index (χ0) is 24.2. The molecule has 4 rings (SSSR count). The van der Waals surface area contributed by atoms with E-state index >= 15 is 0 Å². The van der Waals surface area contributed by atoms with Crippen LogP contribution in [0.2, 0.25) is 0 Å². The van der Waals surface area contributed by atoms with Gasteiger partial charge < -0.3 is 15.1 Å². The van der Waals surface area contributed by atoms with E-state index in [1.54, 1.807) is 11.9 Å². The molecule has 0 aliphatic carbocycles. The minimum Gasteiger partial charge on any atom is -0.338 e. The molecule has 1 atom stereocenters. The van der Waals surface area contributed by atoms with Crippen molar-refractivity contribution in [2.24, 2.45) is 5.92 Å². The number of hydrogen-bond acceptors (Lipinski definition) is 3. The molecule has 0 aromatic heterocycles. The highest BCUT2D eigenvalue weighted by Gasteiger charge is 2.31. The number of likely N-dealkylation sites (N-methyl/N-ethyl adjacent to an activating group) is 1. The molecule has 3 aromatic rings. The van der Waals surface area contributed by atoms with Crippen LogP contribution in [0.5, 0.6) is 0 Å². The number of carbonyl (C=O) groups is 3. The minimum atomic E-state index is -0.314. The Morgan fingerprint density at radius 3 is 2.56 bits per heavy atom. The highest BCUT2D eigenvalue weighted by atomic mass is 16.2. The van der Waals surface area contributed by atoms with E-state index in [4.69, 9.17) is 0 Å². The molecule has 34 heavy (non-hydrogen) atoms. The lowest BCUT2D eigenvalue weighted by molar-refractivity contribution is -0.138. The van der Waals surface area contributed by atoms with Crippen molar-refractivity contribution in [1.82, 2.24) is 9.80 Å². The molecule has 176 valence electrons. The lowest BCUT2D eigenvalue weighted by Crippen LogP contribution is -2.47. The van der Waals surface area contributed by atoms with Gasteiger partial charge in [-0.25, -0.2) is 0 Å². The molecule has 1 fully saturated rings. The van der Waals surface area contributed by atoms with Crippen molar-refractivity contribution in [2.75, 3.05) is 32.0 Å². The molecule has 3 amide bonds. The number of carbonyl (C=O) groups excluding carboxylic acids is 3. The summed E-state index contributed by atoms with van der Waals surface area (Å²) in [7, 11) is 1.65. The Balaban J connectivity index is 1.40. The Kier molecular flexibility index (Phi) is 6.96. The van der Waals surface area contributed by atoms with Gasteiger partial charge in [0, 0.05) is 31.4 Å². The van der Waals surface area contributed by atoms with Crippen LogP contribution in [0, 0.1) is 19.8 Å². The predicted molar refractivity (Wildman–Crippen MR) is 135 cm³/mol. The summed E-state index contributed by atoms with van der Waals surface area (Å²) < 4.78 is 0. The van der Waals surface area contributed by atoms with Gasteiger partial charge in [0.1, 0.15) is 0 Å². The van der Waals surface area contributed by atoms with Crippen molar-refractivity contribution < 1.29 is 14.4 Å². The van der Waals surface area contributed by atoms with Gasteiger partial charge in [-0.2, -0.15) is 0 Å². The Morgan fingerprint density at radius 2 is 1.74 bits per heavy atom. The lowest BCUT2D eigenvalue weighted by Gasteiger charge is -2.34. The summed E-state index contributed by atoms with van der Waals surface area (Å²) in [6.07, 6.45) is 1.47. The lowest BCUT2D eigenvalue weighted by atomic mass is 9.95. The predicted octanol–water partition coefficient (Wildman–Crippen LogP) is 4.41. The van der Waals surface area contributed by atoms with Crippen LogP contribution in [0.4, 0.5) is 5.69 Å². The second-order valence-corrected chi connectivity index (χ2v) is 9.11. The van der Waals surface area contributed by atoms with Gasteiger partial charge >= 0.3 is 0 Å². The molecular formula is C28H31N3O3. The second-order valence-electron chi connectivity index (χ2n) is 9.11. The van der Waals surface area contributed by atoms with Crippen LogP contribution in [0.15, 0.2) is 60.7 Å². The number of hydrogen-bond donors (Lipinski definition) is 1. The smallest absolute Gasteiger partial charge is 0.254 e. The molecule has 1 heterocycles. The monoisotopic (exact) mass is 457 g/mol. The number of likely N-dealkylation sites (tertiary alicyclic amines) is 1. The third-order valence-corrected chi connectivity index (χ3v) is 6.71. The number of nitrogens with one attached hydrogen (secondary N) is 1. The number of nitrogens with zero attached hydrogens (tertiary/aromatic N) is 2. The van der Waals surface area contributed by atoms with Gasteiger partial charge in [0.25, 0.3) is 5.91 Å². The highest BCUT2D eigenvalue weighted by Crippen LogP contribution is 2.24. The molecule has 1 saturated heterocycles. The molecule has 6 nitrogen and oxygen atoms in total. The van der Waals surface area contributed by atoms with E-state index < -0.39 is 0 Å². The number of fused-ring (bicyclic) bond motifs is 1. The summed E-state index contributed by atoms with van der Waals surface area (Å²) >= 11 is 0. The van der Waals surface area contributed by atoms with Crippen LogP contribution in [0.1, 0.15) is 34.3 Å². The average Bonchev–Trinajstić information content (AvgIpc) is 2.85. The maximum absolute atomic E-state index is 13.3. The first-order valence-corrected chi connectivity index (χ1v) is 11.7. The summed E-state index contributed by atoms with van der Waals surface area (Å²) in [5.41, 5.74) is 3.53. The first kappa shape index (κ1) is 23.5. The maximum Gasteiger partial charge on any atom is 0.254 e. The number of rotatable bonds is 5. The van der Waals surface area contributed by atoms with Crippen LogP contribution < -0.4 is 5.32 Å². The first-order valence-electron chi connectivity index (χ1n) is 11.7. The van der Waals surface area contributed by atoms with Gasteiger partial charge in [0.05, 0.1) is 12.5 Å². The topological polar surface area (TPSA) is 69.7 Å². The zero-order valence-corrected chi connectivity index (χ0v) is 20.0. The second kappa shape index (κ2) is 10.1. The number of benzene rings is 3. The van der Waals surface area contributed by atoms with Gasteiger partial charge in [-0.1, -0.05) is 48.5 Å². The maximum atomic E-state index is 13.3. The molecule has 1 N–H and O–H groups in total. The van der Waals surface area contributed by atoms with Crippen molar-refractivity contribution in [2.45, 2.75) is 26.7 Å². The third kappa shape index (κ3) is 4.96. The molecule has 0 spiro atoms. The largest absolute Gasteiger partial charge is 0.338 e. The summed E-state index contributed by atoms with van der Waals surface area (Å²) in [6, 6.07) is 19.3. The Bertz CT molecular complexity index is 1230. The van der Waals surface area contributed by atoms with Crippen LogP contribution in [-0.2, 0) is 9.59 Å². The fourth-order valence-electron chi connectivity index (χ4n) is 4.63. The van der Waals surface area contributed by atoms with Crippen molar-refractivity contribution in [1.29, 1.82) is 0 Å². The van der Waals surface area contributed by atoms with E-state index in [1.807, 2.05) is 74.5 Å². The van der Waals surface area contributed by atoms with Gasteiger partial charge in [-0.05, 0) is 60.7 Å². The van der Waals surface area contributed by atoms with E-state index in [0.717, 1.165) is 34.0 Å². The normalized spacial score (nSPS) is 15.7. The number of aryl methyl sites for hydroxylation is 1. The van der Waals surface area contributed by atoms with Crippen molar-refractivity contribution in [3.63, 3.8) is 0 Å². The van der Waals surface area contributed by atoms with E-state index in [9.17, 15) is 14.4 Å². The number of amides is 3. The fraction of sp³-hybridized carbons (Fsp3) is 0.321.